The predicted molar refractivity (Wildman–Crippen MR) is 60.4 cm³/mol. The molecule has 1 saturated carbocycles. The Morgan fingerprint density at radius 2 is 2.07 bits per heavy atom. The van der Waals surface area contributed by atoms with Crippen LogP contribution in [0.4, 0.5) is 5.69 Å². The Kier molecular flexibility index (Phi) is 2.66. The molecular formula is C11H15ClN2. The zero-order valence-electron chi connectivity index (χ0n) is 8.04. The zero-order chi connectivity index (χ0) is 10.1. The van der Waals surface area contributed by atoms with E-state index in [2.05, 4.69) is 0 Å². The molecule has 0 bridgehead atoms. The second-order valence-corrected chi connectivity index (χ2v) is 4.35. The smallest absolute Gasteiger partial charge is 0.0461 e. The molecule has 3 heteroatoms. The van der Waals surface area contributed by atoms with Gasteiger partial charge in [-0.15, -0.1) is 0 Å². The minimum absolute atomic E-state index is 0.220. The van der Waals surface area contributed by atoms with Crippen molar-refractivity contribution in [3.63, 3.8) is 0 Å². The highest BCUT2D eigenvalue weighted by molar-refractivity contribution is 6.31. The normalized spacial score (nSPS) is 26.7. The van der Waals surface area contributed by atoms with E-state index in [0.717, 1.165) is 29.1 Å². The SMILES string of the molecule is Nc1cccc(Cl)c1C1CCCC1N. The summed E-state index contributed by atoms with van der Waals surface area (Å²) in [6.07, 6.45) is 3.36. The monoisotopic (exact) mass is 210 g/mol. The number of anilines is 1. The van der Waals surface area contributed by atoms with Crippen molar-refractivity contribution in [3.8, 4) is 0 Å². The van der Waals surface area contributed by atoms with E-state index in [1.54, 1.807) is 0 Å². The van der Waals surface area contributed by atoms with Gasteiger partial charge in [-0.3, -0.25) is 0 Å². The van der Waals surface area contributed by atoms with E-state index >= 15 is 0 Å². The summed E-state index contributed by atoms with van der Waals surface area (Å²) < 4.78 is 0. The van der Waals surface area contributed by atoms with Crippen molar-refractivity contribution in [3.05, 3.63) is 28.8 Å². The van der Waals surface area contributed by atoms with Gasteiger partial charge in [-0.25, -0.2) is 0 Å². The molecule has 0 saturated heterocycles. The molecule has 0 spiro atoms. The lowest BCUT2D eigenvalue weighted by Gasteiger charge is -2.19. The minimum Gasteiger partial charge on any atom is -0.398 e. The van der Waals surface area contributed by atoms with Gasteiger partial charge >= 0.3 is 0 Å². The second kappa shape index (κ2) is 3.79. The zero-order valence-corrected chi connectivity index (χ0v) is 8.80. The van der Waals surface area contributed by atoms with Crippen LogP contribution in [0.2, 0.25) is 5.02 Å². The topological polar surface area (TPSA) is 52.0 Å². The van der Waals surface area contributed by atoms with E-state index in [1.165, 1.54) is 6.42 Å². The summed E-state index contributed by atoms with van der Waals surface area (Å²) in [5, 5.41) is 0.757. The molecule has 0 heterocycles. The van der Waals surface area contributed by atoms with Crippen LogP contribution in [0.1, 0.15) is 30.7 Å². The van der Waals surface area contributed by atoms with Gasteiger partial charge < -0.3 is 11.5 Å². The summed E-state index contributed by atoms with van der Waals surface area (Å²) in [6.45, 7) is 0. The van der Waals surface area contributed by atoms with E-state index < -0.39 is 0 Å². The lowest BCUT2D eigenvalue weighted by atomic mass is 9.93. The van der Waals surface area contributed by atoms with Crippen LogP contribution in [0, 0.1) is 0 Å². The fourth-order valence-corrected chi connectivity index (χ4v) is 2.61. The Balaban J connectivity index is 2.39. The maximum absolute atomic E-state index is 6.14. The number of hydrogen-bond acceptors (Lipinski definition) is 2. The summed E-state index contributed by atoms with van der Waals surface area (Å²) in [5.41, 5.74) is 13.8. The first-order chi connectivity index (χ1) is 6.70. The van der Waals surface area contributed by atoms with Crippen LogP contribution in [0.15, 0.2) is 18.2 Å². The lowest BCUT2D eigenvalue weighted by molar-refractivity contribution is 0.615. The van der Waals surface area contributed by atoms with Crippen LogP contribution in [0.5, 0.6) is 0 Å². The van der Waals surface area contributed by atoms with Crippen LogP contribution in [-0.2, 0) is 0 Å². The molecule has 2 atom stereocenters. The van der Waals surface area contributed by atoms with Gasteiger partial charge in [0.15, 0.2) is 0 Å². The molecule has 1 aliphatic rings. The number of nitrogen functional groups attached to an aromatic ring is 1. The molecule has 1 aliphatic carbocycles. The summed E-state index contributed by atoms with van der Waals surface area (Å²) in [4.78, 5) is 0. The van der Waals surface area contributed by atoms with Gasteiger partial charge in [0.25, 0.3) is 0 Å². The van der Waals surface area contributed by atoms with E-state index in [-0.39, 0.29) is 6.04 Å². The molecule has 1 aromatic carbocycles. The largest absolute Gasteiger partial charge is 0.398 e. The summed E-state index contributed by atoms with van der Waals surface area (Å²) in [6, 6.07) is 5.88. The number of nitrogens with two attached hydrogens (primary N) is 2. The fraction of sp³-hybridized carbons (Fsp3) is 0.455. The third-order valence-corrected chi connectivity index (χ3v) is 3.36. The van der Waals surface area contributed by atoms with E-state index in [9.17, 15) is 0 Å². The van der Waals surface area contributed by atoms with Gasteiger partial charge in [0.05, 0.1) is 0 Å². The summed E-state index contributed by atoms with van der Waals surface area (Å²) in [5.74, 6) is 0.351. The average Bonchev–Trinajstić information content (AvgIpc) is 2.52. The van der Waals surface area contributed by atoms with Gasteiger partial charge in [-0.2, -0.15) is 0 Å². The molecule has 14 heavy (non-hydrogen) atoms. The average molecular weight is 211 g/mol. The van der Waals surface area contributed by atoms with Crippen molar-refractivity contribution in [2.45, 2.75) is 31.2 Å². The molecule has 0 aromatic heterocycles. The molecule has 76 valence electrons. The van der Waals surface area contributed by atoms with Crippen LogP contribution >= 0.6 is 11.6 Å². The van der Waals surface area contributed by atoms with Gasteiger partial charge in [0.1, 0.15) is 0 Å². The Bertz CT molecular complexity index is 318. The van der Waals surface area contributed by atoms with Crippen molar-refractivity contribution < 1.29 is 0 Å². The molecule has 2 rings (SSSR count). The van der Waals surface area contributed by atoms with Crippen molar-refractivity contribution in [2.24, 2.45) is 5.73 Å². The Labute approximate surface area is 89.2 Å². The quantitative estimate of drug-likeness (QED) is 0.700. The molecule has 1 aromatic rings. The number of halogens is 1. The van der Waals surface area contributed by atoms with Crippen molar-refractivity contribution in [1.82, 2.24) is 0 Å². The van der Waals surface area contributed by atoms with Gasteiger partial charge in [-0.05, 0) is 30.5 Å². The third-order valence-electron chi connectivity index (χ3n) is 3.03. The maximum Gasteiger partial charge on any atom is 0.0461 e. The standard InChI is InChI=1S/C11H15ClN2/c12-8-4-2-6-10(14)11(8)7-3-1-5-9(7)13/h2,4,6-7,9H,1,3,5,13-14H2. The summed E-state index contributed by atoms with van der Waals surface area (Å²) in [7, 11) is 0. The molecule has 2 nitrogen and oxygen atoms in total. The summed E-state index contributed by atoms with van der Waals surface area (Å²) >= 11 is 6.14. The van der Waals surface area contributed by atoms with Crippen LogP contribution in [-0.4, -0.2) is 6.04 Å². The molecule has 1 fully saturated rings. The van der Waals surface area contributed by atoms with Gasteiger partial charge in [0.2, 0.25) is 0 Å². The predicted octanol–water partition coefficient (Wildman–Crippen LogP) is 2.52. The highest BCUT2D eigenvalue weighted by Gasteiger charge is 2.28. The molecule has 0 radical (unpaired) electrons. The maximum atomic E-state index is 6.14. The fourth-order valence-electron chi connectivity index (χ4n) is 2.29. The molecule has 4 N–H and O–H groups in total. The molecule has 0 aliphatic heterocycles. The van der Waals surface area contributed by atoms with Crippen LogP contribution in [0.3, 0.4) is 0 Å². The van der Waals surface area contributed by atoms with E-state index in [4.69, 9.17) is 23.1 Å². The minimum atomic E-state index is 0.220. The van der Waals surface area contributed by atoms with Gasteiger partial charge in [-0.1, -0.05) is 24.1 Å². The van der Waals surface area contributed by atoms with Crippen molar-refractivity contribution >= 4 is 17.3 Å². The Morgan fingerprint density at radius 3 is 2.64 bits per heavy atom. The Morgan fingerprint density at radius 1 is 1.29 bits per heavy atom. The number of hydrogen-bond donors (Lipinski definition) is 2. The third kappa shape index (κ3) is 1.60. The first kappa shape index (κ1) is 9.81. The molecule has 0 amide bonds. The van der Waals surface area contributed by atoms with Crippen LogP contribution in [0.25, 0.3) is 0 Å². The van der Waals surface area contributed by atoms with Crippen molar-refractivity contribution in [2.75, 3.05) is 5.73 Å². The van der Waals surface area contributed by atoms with Crippen molar-refractivity contribution in [1.29, 1.82) is 0 Å². The molecule has 2 unspecified atom stereocenters. The molecular weight excluding hydrogens is 196 g/mol. The lowest BCUT2D eigenvalue weighted by Crippen LogP contribution is -2.23. The number of rotatable bonds is 1. The number of benzene rings is 1. The van der Waals surface area contributed by atoms with E-state index in [0.29, 0.717) is 5.92 Å². The Hall–Kier alpha value is -0.730. The first-order valence-electron chi connectivity index (χ1n) is 4.99. The van der Waals surface area contributed by atoms with Crippen LogP contribution < -0.4 is 11.5 Å². The first-order valence-corrected chi connectivity index (χ1v) is 5.37. The van der Waals surface area contributed by atoms with Gasteiger partial charge in [0, 0.05) is 22.7 Å². The second-order valence-electron chi connectivity index (χ2n) is 3.94. The highest BCUT2D eigenvalue weighted by atomic mass is 35.5. The van der Waals surface area contributed by atoms with E-state index in [1.807, 2.05) is 18.2 Å². The highest BCUT2D eigenvalue weighted by Crippen LogP contribution is 2.39.